The summed E-state index contributed by atoms with van der Waals surface area (Å²) in [6, 6.07) is 2.82. The second-order valence-electron chi connectivity index (χ2n) is 3.45. The highest BCUT2D eigenvalue weighted by molar-refractivity contribution is 6.30. The molecule has 0 radical (unpaired) electrons. The summed E-state index contributed by atoms with van der Waals surface area (Å²) in [6.07, 6.45) is 2.00. The maximum atomic E-state index is 13.0. The molecular weight excluding hydrogens is 208 g/mol. The highest BCUT2D eigenvalue weighted by atomic mass is 35.5. The molecule has 0 aliphatic carbocycles. The van der Waals surface area contributed by atoms with E-state index in [9.17, 15) is 8.78 Å². The van der Waals surface area contributed by atoms with Crippen LogP contribution in [-0.2, 0) is 0 Å². The van der Waals surface area contributed by atoms with Crippen molar-refractivity contribution in [3.05, 3.63) is 34.4 Å². The van der Waals surface area contributed by atoms with Crippen LogP contribution in [0.2, 0.25) is 5.02 Å². The van der Waals surface area contributed by atoms with Crippen LogP contribution in [0, 0.1) is 11.6 Å². The Hall–Kier alpha value is -0.670. The van der Waals surface area contributed by atoms with Crippen molar-refractivity contribution in [3.63, 3.8) is 0 Å². The summed E-state index contributed by atoms with van der Waals surface area (Å²) in [7, 11) is 0. The SMILES string of the molecule is Fc1cc(C2CCCN2)cc(Cl)c1F. The van der Waals surface area contributed by atoms with E-state index in [0.717, 1.165) is 24.9 Å². The Balaban J connectivity index is 2.34. The molecule has 1 atom stereocenters. The maximum Gasteiger partial charge on any atom is 0.177 e. The highest BCUT2D eigenvalue weighted by Gasteiger charge is 2.19. The summed E-state index contributed by atoms with van der Waals surface area (Å²) in [5.41, 5.74) is 0.728. The third-order valence-corrected chi connectivity index (χ3v) is 2.74. The second-order valence-corrected chi connectivity index (χ2v) is 3.85. The van der Waals surface area contributed by atoms with Crippen molar-refractivity contribution < 1.29 is 8.78 Å². The number of benzene rings is 1. The molecule has 0 amide bonds. The number of rotatable bonds is 1. The summed E-state index contributed by atoms with van der Waals surface area (Å²) in [4.78, 5) is 0. The van der Waals surface area contributed by atoms with Gasteiger partial charge in [0, 0.05) is 6.04 Å². The van der Waals surface area contributed by atoms with Crippen molar-refractivity contribution in [1.29, 1.82) is 0 Å². The van der Waals surface area contributed by atoms with Crippen LogP contribution in [0.4, 0.5) is 8.78 Å². The number of nitrogens with one attached hydrogen (secondary N) is 1. The van der Waals surface area contributed by atoms with Gasteiger partial charge in [-0.1, -0.05) is 11.6 Å². The normalized spacial score (nSPS) is 21.5. The van der Waals surface area contributed by atoms with E-state index in [2.05, 4.69) is 5.32 Å². The Morgan fingerprint density at radius 1 is 1.36 bits per heavy atom. The lowest BCUT2D eigenvalue weighted by Crippen LogP contribution is -2.13. The molecule has 0 bridgehead atoms. The van der Waals surface area contributed by atoms with Gasteiger partial charge < -0.3 is 5.32 Å². The molecule has 1 aromatic carbocycles. The molecule has 1 aromatic rings. The Morgan fingerprint density at radius 2 is 2.14 bits per heavy atom. The quantitative estimate of drug-likeness (QED) is 0.713. The first-order valence-corrected chi connectivity index (χ1v) is 4.94. The first-order chi connectivity index (χ1) is 6.68. The van der Waals surface area contributed by atoms with Crippen LogP contribution < -0.4 is 5.32 Å². The summed E-state index contributed by atoms with van der Waals surface area (Å²) in [5, 5.41) is 3.05. The van der Waals surface area contributed by atoms with Gasteiger partial charge in [0.15, 0.2) is 11.6 Å². The zero-order chi connectivity index (χ0) is 10.1. The fraction of sp³-hybridized carbons (Fsp3) is 0.400. The van der Waals surface area contributed by atoms with E-state index >= 15 is 0 Å². The summed E-state index contributed by atoms with van der Waals surface area (Å²) in [5.74, 6) is -1.84. The van der Waals surface area contributed by atoms with Crippen molar-refractivity contribution in [1.82, 2.24) is 5.32 Å². The average Bonchev–Trinajstić information content (AvgIpc) is 2.66. The minimum atomic E-state index is -0.964. The van der Waals surface area contributed by atoms with Crippen molar-refractivity contribution in [3.8, 4) is 0 Å². The molecule has 1 aliphatic heterocycles. The van der Waals surface area contributed by atoms with Gasteiger partial charge in [-0.25, -0.2) is 8.78 Å². The number of hydrogen-bond donors (Lipinski definition) is 1. The first-order valence-electron chi connectivity index (χ1n) is 4.56. The molecule has 0 aromatic heterocycles. The number of hydrogen-bond acceptors (Lipinski definition) is 1. The van der Waals surface area contributed by atoms with E-state index in [1.807, 2.05) is 0 Å². The van der Waals surface area contributed by atoms with Crippen LogP contribution in [0.5, 0.6) is 0 Å². The van der Waals surface area contributed by atoms with E-state index in [1.54, 1.807) is 0 Å². The summed E-state index contributed by atoms with van der Waals surface area (Å²) >= 11 is 5.55. The molecule has 4 heteroatoms. The Kier molecular flexibility index (Phi) is 2.70. The second kappa shape index (κ2) is 3.83. The Labute approximate surface area is 86.1 Å². The monoisotopic (exact) mass is 217 g/mol. The molecule has 0 saturated carbocycles. The molecule has 1 aliphatic rings. The highest BCUT2D eigenvalue weighted by Crippen LogP contribution is 2.28. The smallest absolute Gasteiger partial charge is 0.177 e. The predicted octanol–water partition coefficient (Wildman–Crippen LogP) is 3.04. The lowest BCUT2D eigenvalue weighted by atomic mass is 10.1. The average molecular weight is 218 g/mol. The van der Waals surface area contributed by atoms with Gasteiger partial charge >= 0.3 is 0 Å². The lowest BCUT2D eigenvalue weighted by Gasteiger charge is -2.11. The zero-order valence-electron chi connectivity index (χ0n) is 7.49. The van der Waals surface area contributed by atoms with Gasteiger partial charge in [-0.05, 0) is 37.1 Å². The molecule has 0 spiro atoms. The molecule has 1 saturated heterocycles. The van der Waals surface area contributed by atoms with Gasteiger partial charge in [0.25, 0.3) is 0 Å². The van der Waals surface area contributed by atoms with E-state index in [4.69, 9.17) is 11.6 Å². The van der Waals surface area contributed by atoms with Crippen LogP contribution in [0.15, 0.2) is 12.1 Å². The Morgan fingerprint density at radius 3 is 2.71 bits per heavy atom. The minimum Gasteiger partial charge on any atom is -0.310 e. The topological polar surface area (TPSA) is 12.0 Å². The fourth-order valence-electron chi connectivity index (χ4n) is 1.75. The maximum absolute atomic E-state index is 13.0. The van der Waals surface area contributed by atoms with Crippen LogP contribution in [0.25, 0.3) is 0 Å². The van der Waals surface area contributed by atoms with Gasteiger partial charge in [0.1, 0.15) is 0 Å². The van der Waals surface area contributed by atoms with E-state index < -0.39 is 11.6 Å². The van der Waals surface area contributed by atoms with Gasteiger partial charge in [0.2, 0.25) is 0 Å². The molecule has 1 nitrogen and oxygen atoms in total. The van der Waals surface area contributed by atoms with Crippen molar-refractivity contribution in [2.75, 3.05) is 6.54 Å². The third kappa shape index (κ3) is 1.74. The minimum absolute atomic E-state index is 0.114. The van der Waals surface area contributed by atoms with Crippen molar-refractivity contribution in [2.45, 2.75) is 18.9 Å². The zero-order valence-corrected chi connectivity index (χ0v) is 8.24. The van der Waals surface area contributed by atoms with Crippen LogP contribution in [0.3, 0.4) is 0 Å². The van der Waals surface area contributed by atoms with Crippen LogP contribution >= 0.6 is 11.6 Å². The van der Waals surface area contributed by atoms with Gasteiger partial charge in [-0.2, -0.15) is 0 Å². The molecule has 1 N–H and O–H groups in total. The van der Waals surface area contributed by atoms with Gasteiger partial charge in [0.05, 0.1) is 5.02 Å². The summed E-state index contributed by atoms with van der Waals surface area (Å²) in [6.45, 7) is 0.918. The van der Waals surface area contributed by atoms with Crippen LogP contribution in [-0.4, -0.2) is 6.54 Å². The number of halogens is 3. The molecular formula is C10H10ClF2N. The Bertz CT molecular complexity index is 325. The third-order valence-electron chi connectivity index (χ3n) is 2.47. The molecule has 2 rings (SSSR count). The molecule has 76 valence electrons. The molecule has 1 fully saturated rings. The van der Waals surface area contributed by atoms with Crippen molar-refractivity contribution in [2.24, 2.45) is 0 Å². The van der Waals surface area contributed by atoms with Gasteiger partial charge in [-0.3, -0.25) is 0 Å². The molecule has 1 heterocycles. The standard InChI is InChI=1S/C10H10ClF2N/c11-7-4-6(5-8(12)10(7)13)9-2-1-3-14-9/h4-5,9,14H,1-3H2. The molecule has 1 unspecified atom stereocenters. The van der Waals surface area contributed by atoms with Crippen molar-refractivity contribution >= 4 is 11.6 Å². The van der Waals surface area contributed by atoms with Crippen LogP contribution in [0.1, 0.15) is 24.4 Å². The predicted molar refractivity (Wildman–Crippen MR) is 51.3 cm³/mol. The fourth-order valence-corrected chi connectivity index (χ4v) is 1.96. The summed E-state index contributed by atoms with van der Waals surface area (Å²) < 4.78 is 25.9. The van der Waals surface area contributed by atoms with E-state index in [0.29, 0.717) is 0 Å². The molecule has 14 heavy (non-hydrogen) atoms. The lowest BCUT2D eigenvalue weighted by molar-refractivity contribution is 0.504. The van der Waals surface area contributed by atoms with E-state index in [1.165, 1.54) is 12.1 Å². The van der Waals surface area contributed by atoms with Gasteiger partial charge in [-0.15, -0.1) is 0 Å². The largest absolute Gasteiger partial charge is 0.310 e. The first kappa shape index (κ1) is 9.87. The van der Waals surface area contributed by atoms with E-state index in [-0.39, 0.29) is 11.1 Å².